The summed E-state index contributed by atoms with van der Waals surface area (Å²) in [6.45, 7) is 0. The van der Waals surface area contributed by atoms with Crippen LogP contribution in [0, 0.1) is 0 Å². The first-order valence-electron chi connectivity index (χ1n) is 4.73. The van der Waals surface area contributed by atoms with Crippen molar-refractivity contribution < 1.29 is 23.5 Å². The second-order valence-electron chi connectivity index (χ2n) is 3.05. The number of esters is 2. The number of hydrogen-bond donors (Lipinski definition) is 0. The SMILES string of the molecule is COC(=O)c1nc(-c2cncs2)oc1C(=O)OC. The predicted molar refractivity (Wildman–Crippen MR) is 60.3 cm³/mol. The van der Waals surface area contributed by atoms with E-state index in [9.17, 15) is 9.59 Å². The Morgan fingerprint density at radius 2 is 2.00 bits per heavy atom. The van der Waals surface area contributed by atoms with Crippen LogP contribution in [0.4, 0.5) is 0 Å². The van der Waals surface area contributed by atoms with Crippen LogP contribution in [0.15, 0.2) is 16.1 Å². The van der Waals surface area contributed by atoms with Gasteiger partial charge in [-0.05, 0) is 0 Å². The Morgan fingerprint density at radius 1 is 1.28 bits per heavy atom. The van der Waals surface area contributed by atoms with Crippen LogP contribution in [-0.4, -0.2) is 36.1 Å². The van der Waals surface area contributed by atoms with Crippen molar-refractivity contribution in [3.63, 3.8) is 0 Å². The minimum absolute atomic E-state index is 0.123. The maximum atomic E-state index is 11.5. The van der Waals surface area contributed by atoms with Crippen LogP contribution in [0.3, 0.4) is 0 Å². The van der Waals surface area contributed by atoms with Crippen molar-refractivity contribution in [2.24, 2.45) is 0 Å². The number of thiazole rings is 1. The van der Waals surface area contributed by atoms with Crippen LogP contribution in [0.5, 0.6) is 0 Å². The van der Waals surface area contributed by atoms with Crippen LogP contribution in [-0.2, 0) is 9.47 Å². The highest BCUT2D eigenvalue weighted by molar-refractivity contribution is 7.13. The molecular weight excluding hydrogens is 260 g/mol. The lowest BCUT2D eigenvalue weighted by atomic mass is 10.3. The lowest BCUT2D eigenvalue weighted by molar-refractivity contribution is 0.0527. The Balaban J connectivity index is 2.50. The summed E-state index contributed by atoms with van der Waals surface area (Å²) >= 11 is 1.27. The van der Waals surface area contributed by atoms with E-state index < -0.39 is 11.9 Å². The lowest BCUT2D eigenvalue weighted by Gasteiger charge is -1.96. The van der Waals surface area contributed by atoms with Crippen LogP contribution >= 0.6 is 11.3 Å². The third-order valence-electron chi connectivity index (χ3n) is 2.02. The van der Waals surface area contributed by atoms with Crippen molar-refractivity contribution in [3.05, 3.63) is 23.2 Å². The molecule has 7 nitrogen and oxygen atoms in total. The highest BCUT2D eigenvalue weighted by Crippen LogP contribution is 2.25. The van der Waals surface area contributed by atoms with Gasteiger partial charge in [-0.25, -0.2) is 14.6 Å². The molecule has 8 heteroatoms. The molecule has 0 spiro atoms. The highest BCUT2D eigenvalue weighted by Gasteiger charge is 2.27. The van der Waals surface area contributed by atoms with Gasteiger partial charge in [-0.2, -0.15) is 0 Å². The Labute approximate surface area is 105 Å². The van der Waals surface area contributed by atoms with E-state index in [1.165, 1.54) is 31.8 Å². The molecule has 0 aromatic carbocycles. The van der Waals surface area contributed by atoms with Crippen LogP contribution < -0.4 is 0 Å². The molecule has 0 aliphatic heterocycles. The largest absolute Gasteiger partial charge is 0.464 e. The summed E-state index contributed by atoms with van der Waals surface area (Å²) in [4.78, 5) is 31.3. The predicted octanol–water partition coefficient (Wildman–Crippen LogP) is 1.37. The zero-order valence-electron chi connectivity index (χ0n) is 9.50. The van der Waals surface area contributed by atoms with E-state index in [0.29, 0.717) is 4.88 Å². The second-order valence-corrected chi connectivity index (χ2v) is 3.93. The van der Waals surface area contributed by atoms with E-state index in [0.717, 1.165) is 0 Å². The van der Waals surface area contributed by atoms with Gasteiger partial charge in [-0.1, -0.05) is 0 Å². The maximum Gasteiger partial charge on any atom is 0.376 e. The van der Waals surface area contributed by atoms with Gasteiger partial charge in [0.15, 0.2) is 0 Å². The summed E-state index contributed by atoms with van der Waals surface area (Å²) in [6, 6.07) is 0. The molecule has 0 saturated carbocycles. The van der Waals surface area contributed by atoms with Gasteiger partial charge in [-0.3, -0.25) is 4.98 Å². The number of nitrogens with zero attached hydrogens (tertiary/aromatic N) is 2. The fourth-order valence-electron chi connectivity index (χ4n) is 1.21. The van der Waals surface area contributed by atoms with E-state index in [1.54, 1.807) is 5.51 Å². The molecule has 0 aliphatic rings. The van der Waals surface area contributed by atoms with E-state index in [4.69, 9.17) is 4.42 Å². The molecule has 0 radical (unpaired) electrons. The smallest absolute Gasteiger partial charge is 0.376 e. The van der Waals surface area contributed by atoms with E-state index in [1.807, 2.05) is 0 Å². The number of ether oxygens (including phenoxy) is 2. The van der Waals surface area contributed by atoms with Crippen molar-refractivity contribution in [1.29, 1.82) is 0 Å². The number of carbonyl (C=O) groups is 2. The number of carbonyl (C=O) groups excluding carboxylic acids is 2. The Kier molecular flexibility index (Phi) is 3.38. The van der Waals surface area contributed by atoms with Crippen molar-refractivity contribution in [3.8, 4) is 10.8 Å². The summed E-state index contributed by atoms with van der Waals surface area (Å²) in [7, 11) is 2.36. The Bertz CT molecular complexity index is 542. The molecule has 0 atom stereocenters. The number of methoxy groups -OCH3 is 2. The van der Waals surface area contributed by atoms with Gasteiger partial charge >= 0.3 is 11.9 Å². The minimum atomic E-state index is -0.793. The Hall–Kier alpha value is -2.22. The fraction of sp³-hybridized carbons (Fsp3) is 0.200. The Morgan fingerprint density at radius 3 is 2.56 bits per heavy atom. The zero-order valence-corrected chi connectivity index (χ0v) is 10.3. The van der Waals surface area contributed by atoms with E-state index >= 15 is 0 Å². The van der Waals surface area contributed by atoms with Crippen LogP contribution in [0.25, 0.3) is 10.8 Å². The molecule has 0 amide bonds. The molecule has 18 heavy (non-hydrogen) atoms. The quantitative estimate of drug-likeness (QED) is 0.776. The van der Waals surface area contributed by atoms with Crippen molar-refractivity contribution >= 4 is 23.3 Å². The third kappa shape index (κ3) is 2.09. The molecule has 0 aliphatic carbocycles. The topological polar surface area (TPSA) is 91.5 Å². The summed E-state index contributed by atoms with van der Waals surface area (Å²) in [5, 5.41) is 0. The fourth-order valence-corrected chi connectivity index (χ4v) is 1.76. The normalized spacial score (nSPS) is 10.1. The second kappa shape index (κ2) is 4.96. The van der Waals surface area contributed by atoms with Crippen molar-refractivity contribution in [1.82, 2.24) is 9.97 Å². The van der Waals surface area contributed by atoms with Gasteiger partial charge in [0.05, 0.1) is 25.9 Å². The molecule has 0 unspecified atom stereocenters. The van der Waals surface area contributed by atoms with Gasteiger partial charge in [-0.15, -0.1) is 11.3 Å². The van der Waals surface area contributed by atoms with Crippen molar-refractivity contribution in [2.75, 3.05) is 14.2 Å². The molecule has 2 aromatic rings. The molecule has 0 saturated heterocycles. The first-order valence-corrected chi connectivity index (χ1v) is 5.61. The minimum Gasteiger partial charge on any atom is -0.464 e. The number of aromatic nitrogens is 2. The molecule has 2 heterocycles. The average Bonchev–Trinajstić information content (AvgIpc) is 3.04. The van der Waals surface area contributed by atoms with E-state index in [2.05, 4.69) is 19.4 Å². The third-order valence-corrected chi connectivity index (χ3v) is 2.78. The average molecular weight is 268 g/mol. The van der Waals surface area contributed by atoms with Gasteiger partial charge < -0.3 is 13.9 Å². The molecule has 94 valence electrons. The van der Waals surface area contributed by atoms with Crippen LogP contribution in [0.2, 0.25) is 0 Å². The molecular formula is C10H8N2O5S. The number of hydrogen-bond acceptors (Lipinski definition) is 8. The number of rotatable bonds is 3. The first-order chi connectivity index (χ1) is 8.67. The summed E-state index contributed by atoms with van der Waals surface area (Å²) in [6.07, 6.45) is 1.51. The molecule has 0 N–H and O–H groups in total. The summed E-state index contributed by atoms with van der Waals surface area (Å²) in [5.41, 5.74) is 1.36. The summed E-state index contributed by atoms with van der Waals surface area (Å²) < 4.78 is 14.2. The van der Waals surface area contributed by atoms with Gasteiger partial charge in [0.25, 0.3) is 0 Å². The van der Waals surface area contributed by atoms with Crippen molar-refractivity contribution in [2.45, 2.75) is 0 Å². The monoisotopic (exact) mass is 268 g/mol. The highest BCUT2D eigenvalue weighted by atomic mass is 32.1. The van der Waals surface area contributed by atoms with Gasteiger partial charge in [0.2, 0.25) is 17.3 Å². The maximum absolute atomic E-state index is 11.5. The molecule has 2 rings (SSSR count). The van der Waals surface area contributed by atoms with Gasteiger partial charge in [0, 0.05) is 0 Å². The standard InChI is InChI=1S/C10H8N2O5S/c1-15-9(13)6-7(10(14)16-2)17-8(12-6)5-3-11-4-18-5/h3-4H,1-2H3. The summed E-state index contributed by atoms with van der Waals surface area (Å²) in [5.74, 6) is -1.72. The zero-order chi connectivity index (χ0) is 13.1. The van der Waals surface area contributed by atoms with E-state index in [-0.39, 0.29) is 17.3 Å². The van der Waals surface area contributed by atoms with Gasteiger partial charge in [0.1, 0.15) is 4.88 Å². The molecule has 0 fully saturated rings. The molecule has 0 bridgehead atoms. The van der Waals surface area contributed by atoms with Crippen LogP contribution in [0.1, 0.15) is 21.0 Å². The molecule has 2 aromatic heterocycles. The lowest BCUT2D eigenvalue weighted by Crippen LogP contribution is -2.10. The first kappa shape index (κ1) is 12.2. The number of oxazole rings is 1.